The Morgan fingerprint density at radius 2 is 1.22 bits per heavy atom. The van der Waals surface area contributed by atoms with Crippen molar-refractivity contribution in [1.29, 1.82) is 0 Å². The summed E-state index contributed by atoms with van der Waals surface area (Å²) in [6, 6.07) is 20.2. The minimum Gasteiger partial charge on any atom is -0.462 e. The molecule has 0 aliphatic rings. The largest absolute Gasteiger partial charge is 0.462 e. The number of halogens is 3. The van der Waals surface area contributed by atoms with Crippen LogP contribution in [-0.2, 0) is 15.9 Å². The molecule has 0 radical (unpaired) electrons. The molecule has 1 atom stereocenters. The number of alkyl halides is 3. The summed E-state index contributed by atoms with van der Waals surface area (Å²) < 4.78 is 47.5. The first-order valence-corrected chi connectivity index (χ1v) is 17.3. The number of hydrogen-bond acceptors (Lipinski definition) is 4. The average molecular weight is 640 g/mol. The number of esters is 1. The SMILES string of the molecule is CCCCCCCCCCCc1ccc(-c2ccc(-c3ccc(C(=O)OCCCCCCCOC(C)C(F)(F)F)cc3)cn2)cc1. The highest BCUT2D eigenvalue weighted by Crippen LogP contribution is 2.25. The average Bonchev–Trinajstić information content (AvgIpc) is 3.06. The molecule has 0 bridgehead atoms. The lowest BCUT2D eigenvalue weighted by Gasteiger charge is -2.16. The van der Waals surface area contributed by atoms with Crippen molar-refractivity contribution in [3.8, 4) is 22.4 Å². The van der Waals surface area contributed by atoms with E-state index in [1.807, 2.05) is 24.4 Å². The summed E-state index contributed by atoms with van der Waals surface area (Å²) in [5.41, 5.74) is 5.85. The van der Waals surface area contributed by atoms with Gasteiger partial charge in [0.1, 0.15) is 0 Å². The maximum absolute atomic E-state index is 12.4. The number of aryl methyl sites for hydroxylation is 1. The molecule has 252 valence electrons. The minimum atomic E-state index is -4.31. The lowest BCUT2D eigenvalue weighted by atomic mass is 10.0. The molecule has 3 rings (SSSR count). The van der Waals surface area contributed by atoms with Crippen LogP contribution in [0.4, 0.5) is 13.2 Å². The number of carbonyl (C=O) groups is 1. The van der Waals surface area contributed by atoms with Gasteiger partial charge in [-0.3, -0.25) is 4.98 Å². The molecule has 3 aromatic rings. The molecule has 0 N–H and O–H groups in total. The van der Waals surface area contributed by atoms with E-state index < -0.39 is 12.3 Å². The Labute approximate surface area is 274 Å². The minimum absolute atomic E-state index is 0.0964. The molecule has 46 heavy (non-hydrogen) atoms. The number of ether oxygens (including phenoxy) is 2. The van der Waals surface area contributed by atoms with Gasteiger partial charge < -0.3 is 9.47 Å². The van der Waals surface area contributed by atoms with Crippen molar-refractivity contribution in [2.45, 2.75) is 122 Å². The van der Waals surface area contributed by atoms with Crippen LogP contribution in [0.3, 0.4) is 0 Å². The molecule has 0 aliphatic carbocycles. The first-order chi connectivity index (χ1) is 22.3. The maximum atomic E-state index is 12.4. The molecule has 0 saturated heterocycles. The van der Waals surface area contributed by atoms with Crippen LogP contribution in [0.1, 0.15) is 120 Å². The summed E-state index contributed by atoms with van der Waals surface area (Å²) in [6.45, 7) is 3.70. The third kappa shape index (κ3) is 14.1. The number of rotatable bonds is 22. The number of pyridine rings is 1. The Hall–Kier alpha value is -3.19. The third-order valence-corrected chi connectivity index (χ3v) is 8.39. The number of carbonyl (C=O) groups excluding carboxylic acids is 1. The van der Waals surface area contributed by atoms with Gasteiger partial charge in [-0.15, -0.1) is 0 Å². The highest BCUT2D eigenvalue weighted by molar-refractivity contribution is 5.90. The molecule has 1 heterocycles. The molecule has 1 unspecified atom stereocenters. The maximum Gasteiger partial charge on any atom is 0.414 e. The monoisotopic (exact) mass is 639 g/mol. The zero-order valence-corrected chi connectivity index (χ0v) is 27.8. The predicted octanol–water partition coefficient (Wildman–Crippen LogP) is 11.6. The van der Waals surface area contributed by atoms with Gasteiger partial charge in [-0.25, -0.2) is 4.79 Å². The summed E-state index contributed by atoms with van der Waals surface area (Å²) in [7, 11) is 0. The van der Waals surface area contributed by atoms with Crippen LogP contribution in [0.2, 0.25) is 0 Å². The van der Waals surface area contributed by atoms with E-state index >= 15 is 0 Å². The van der Waals surface area contributed by atoms with Gasteiger partial charge in [-0.05, 0) is 61.9 Å². The summed E-state index contributed by atoms with van der Waals surface area (Å²) in [5, 5.41) is 0. The lowest BCUT2D eigenvalue weighted by molar-refractivity contribution is -0.214. The molecule has 0 fully saturated rings. The molecule has 0 spiro atoms. The van der Waals surface area contributed by atoms with Gasteiger partial charge >= 0.3 is 12.1 Å². The molecule has 4 nitrogen and oxygen atoms in total. The van der Waals surface area contributed by atoms with E-state index in [2.05, 4.69) is 42.2 Å². The Balaban J connectivity index is 1.32. The quantitative estimate of drug-likeness (QED) is 0.0811. The van der Waals surface area contributed by atoms with E-state index in [1.54, 1.807) is 12.1 Å². The normalized spacial score (nSPS) is 12.3. The topological polar surface area (TPSA) is 48.4 Å². The van der Waals surface area contributed by atoms with E-state index in [9.17, 15) is 18.0 Å². The van der Waals surface area contributed by atoms with Crippen molar-refractivity contribution in [3.63, 3.8) is 0 Å². The fourth-order valence-electron chi connectivity index (χ4n) is 5.35. The van der Waals surface area contributed by atoms with Gasteiger partial charge in [0.25, 0.3) is 0 Å². The van der Waals surface area contributed by atoms with Gasteiger partial charge in [-0.1, -0.05) is 120 Å². The molecule has 0 amide bonds. The molecular weight excluding hydrogens is 587 g/mol. The van der Waals surface area contributed by atoms with Crippen LogP contribution in [0, 0.1) is 0 Å². The third-order valence-electron chi connectivity index (χ3n) is 8.39. The van der Waals surface area contributed by atoms with Gasteiger partial charge in [0.15, 0.2) is 6.10 Å². The second-order valence-electron chi connectivity index (χ2n) is 12.2. The fraction of sp³-hybridized carbons (Fsp3) is 0.538. The number of benzene rings is 2. The number of hydrogen-bond donors (Lipinski definition) is 0. The summed E-state index contributed by atoms with van der Waals surface area (Å²) in [4.78, 5) is 17.1. The van der Waals surface area contributed by atoms with Crippen molar-refractivity contribution in [2.24, 2.45) is 0 Å². The van der Waals surface area contributed by atoms with Gasteiger partial charge in [0.05, 0.1) is 17.9 Å². The fourth-order valence-corrected chi connectivity index (χ4v) is 5.35. The summed E-state index contributed by atoms with van der Waals surface area (Å²) >= 11 is 0. The Kier molecular flexibility index (Phi) is 16.9. The van der Waals surface area contributed by atoms with Crippen LogP contribution in [0.5, 0.6) is 0 Å². The van der Waals surface area contributed by atoms with Crippen molar-refractivity contribution < 1.29 is 27.4 Å². The van der Waals surface area contributed by atoms with Gasteiger partial charge in [0, 0.05) is 23.9 Å². The Morgan fingerprint density at radius 1 is 0.674 bits per heavy atom. The zero-order chi connectivity index (χ0) is 33.0. The Bertz CT molecular complexity index is 1240. The molecule has 2 aromatic carbocycles. The van der Waals surface area contributed by atoms with Crippen molar-refractivity contribution in [3.05, 3.63) is 78.0 Å². The van der Waals surface area contributed by atoms with Crippen LogP contribution >= 0.6 is 0 Å². The highest BCUT2D eigenvalue weighted by Gasteiger charge is 2.36. The summed E-state index contributed by atoms with van der Waals surface area (Å²) in [6.07, 6.45) is 12.8. The van der Waals surface area contributed by atoms with Gasteiger partial charge in [0.2, 0.25) is 0 Å². The number of unbranched alkanes of at least 4 members (excludes halogenated alkanes) is 12. The smallest absolute Gasteiger partial charge is 0.414 e. The second kappa shape index (κ2) is 20.8. The first-order valence-electron chi connectivity index (χ1n) is 17.3. The van der Waals surface area contributed by atoms with Crippen LogP contribution in [0.25, 0.3) is 22.4 Å². The number of aromatic nitrogens is 1. The zero-order valence-electron chi connectivity index (χ0n) is 27.8. The summed E-state index contributed by atoms with van der Waals surface area (Å²) in [5.74, 6) is -0.365. The molecule has 7 heteroatoms. The predicted molar refractivity (Wildman–Crippen MR) is 181 cm³/mol. The molecule has 1 aromatic heterocycles. The van der Waals surface area contributed by atoms with Crippen molar-refractivity contribution >= 4 is 5.97 Å². The van der Waals surface area contributed by atoms with E-state index in [0.717, 1.165) is 55.0 Å². The number of nitrogens with zero attached hydrogens (tertiary/aromatic N) is 1. The lowest BCUT2D eigenvalue weighted by Crippen LogP contribution is -2.28. The van der Waals surface area contributed by atoms with E-state index in [1.165, 1.54) is 63.4 Å². The highest BCUT2D eigenvalue weighted by atomic mass is 19.4. The Morgan fingerprint density at radius 3 is 1.80 bits per heavy atom. The van der Waals surface area contributed by atoms with Crippen molar-refractivity contribution in [2.75, 3.05) is 13.2 Å². The molecule has 0 aliphatic heterocycles. The van der Waals surface area contributed by atoms with Crippen LogP contribution in [-0.4, -0.2) is 36.4 Å². The van der Waals surface area contributed by atoms with Crippen LogP contribution < -0.4 is 0 Å². The van der Waals surface area contributed by atoms with E-state index in [0.29, 0.717) is 25.0 Å². The van der Waals surface area contributed by atoms with Crippen molar-refractivity contribution in [1.82, 2.24) is 4.98 Å². The molecule has 0 saturated carbocycles. The first kappa shape index (κ1) is 37.3. The second-order valence-corrected chi connectivity index (χ2v) is 12.2. The molecular formula is C39H52F3NO3. The van der Waals surface area contributed by atoms with Crippen LogP contribution in [0.15, 0.2) is 66.9 Å². The van der Waals surface area contributed by atoms with E-state index in [4.69, 9.17) is 9.47 Å². The van der Waals surface area contributed by atoms with Gasteiger partial charge in [-0.2, -0.15) is 13.2 Å². The van der Waals surface area contributed by atoms with E-state index in [-0.39, 0.29) is 12.6 Å². The standard InChI is InChI=1S/C39H52F3NO3/c1-3-4-5-6-7-8-9-11-14-17-32-18-20-34(21-19-32)37-27-26-36(30-43-37)33-22-24-35(25-23-33)38(44)46-29-16-13-10-12-15-28-45-31(2)39(40,41)42/h18-27,30-31H,3-17,28-29H2,1-2H3.